The highest BCUT2D eigenvalue weighted by Gasteiger charge is 2.34. The van der Waals surface area contributed by atoms with Crippen molar-refractivity contribution in [3.63, 3.8) is 0 Å². The molecule has 0 radical (unpaired) electrons. The monoisotopic (exact) mass is 654 g/mol. The number of rotatable bonds is 7. The number of hydrogen-bond donors (Lipinski definition) is 2. The first-order valence-corrected chi connectivity index (χ1v) is 17.0. The van der Waals surface area contributed by atoms with Crippen LogP contribution in [0.2, 0.25) is 0 Å². The van der Waals surface area contributed by atoms with Gasteiger partial charge in [-0.2, -0.15) is 0 Å². The lowest BCUT2D eigenvalue weighted by atomic mass is 10.0. The van der Waals surface area contributed by atoms with E-state index in [9.17, 15) is 9.59 Å². The zero-order chi connectivity index (χ0) is 33.2. The molecule has 2 fully saturated rings. The number of carbonyl (C=O) groups is 2. The van der Waals surface area contributed by atoms with E-state index in [1.165, 1.54) is 0 Å². The lowest BCUT2D eigenvalue weighted by Gasteiger charge is -2.33. The van der Waals surface area contributed by atoms with Gasteiger partial charge < -0.3 is 19.4 Å². The first kappa shape index (κ1) is 30.7. The van der Waals surface area contributed by atoms with E-state index in [1.54, 1.807) is 4.90 Å². The highest BCUT2D eigenvalue weighted by Crippen LogP contribution is 2.35. The molecule has 2 saturated heterocycles. The second kappa shape index (κ2) is 13.5. The molecule has 2 aliphatic rings. The maximum atomic E-state index is 13.2. The number of nitrogens with zero attached hydrogens (tertiary/aromatic N) is 4. The number of ether oxygens (including phenoxy) is 2. The number of carbonyl (C=O) groups excluding carboxylic acids is 2. The van der Waals surface area contributed by atoms with Crippen molar-refractivity contribution in [1.82, 2.24) is 29.7 Å². The van der Waals surface area contributed by atoms with E-state index in [-0.39, 0.29) is 37.5 Å². The van der Waals surface area contributed by atoms with Crippen LogP contribution < -0.4 is 0 Å². The maximum absolute atomic E-state index is 13.2. The fourth-order valence-electron chi connectivity index (χ4n) is 7.04. The third-order valence-corrected chi connectivity index (χ3v) is 9.60. The molecule has 0 bridgehead atoms. The maximum Gasteiger partial charge on any atom is 0.410 e. The molecule has 10 nitrogen and oxygen atoms in total. The summed E-state index contributed by atoms with van der Waals surface area (Å²) in [6.07, 6.45) is 3.88. The fraction of sp³-hybridized carbons (Fsp3) is 0.282. The Labute approximate surface area is 284 Å². The zero-order valence-electron chi connectivity index (χ0n) is 27.2. The number of H-pyrrole nitrogens is 2. The van der Waals surface area contributed by atoms with Gasteiger partial charge in [-0.15, -0.1) is 0 Å². The molecule has 0 saturated carbocycles. The smallest absolute Gasteiger partial charge is 0.410 e. The van der Waals surface area contributed by atoms with Crippen LogP contribution in [-0.4, -0.2) is 55.0 Å². The van der Waals surface area contributed by atoms with Crippen molar-refractivity contribution in [1.29, 1.82) is 0 Å². The Bertz CT molecular complexity index is 2090. The van der Waals surface area contributed by atoms with Gasteiger partial charge in [0.1, 0.15) is 24.9 Å². The van der Waals surface area contributed by atoms with Crippen molar-refractivity contribution in [3.05, 3.63) is 120 Å². The predicted octanol–water partition coefficient (Wildman–Crippen LogP) is 8.44. The van der Waals surface area contributed by atoms with Gasteiger partial charge in [0.15, 0.2) is 0 Å². The number of aromatic nitrogens is 4. The van der Waals surface area contributed by atoms with Crippen LogP contribution in [0.5, 0.6) is 0 Å². The van der Waals surface area contributed by atoms with Crippen molar-refractivity contribution < 1.29 is 19.1 Å². The molecule has 2 N–H and O–H groups in total. The summed E-state index contributed by atoms with van der Waals surface area (Å²) in [5, 5.41) is 0. The Balaban J connectivity index is 0.981. The normalized spacial score (nSPS) is 17.9. The molecule has 2 aliphatic heterocycles. The number of hydrogen-bond acceptors (Lipinski definition) is 6. The molecule has 8 rings (SSSR count). The van der Waals surface area contributed by atoms with Gasteiger partial charge in [-0.05, 0) is 78.6 Å². The number of amides is 2. The minimum Gasteiger partial charge on any atom is -0.445 e. The zero-order valence-corrected chi connectivity index (χ0v) is 27.2. The SMILES string of the molecule is O=C(OCc1ccccc1)N1CCCC[C@H]1c1nc2ccc(-c3ccc4nc([C@@H]5CCCN5C(=O)OCc5ccccc5)[nH]c4c3)cc2[nH]1. The molecule has 4 aromatic carbocycles. The van der Waals surface area contributed by atoms with Crippen LogP contribution in [0.1, 0.15) is 67.0 Å². The Kier molecular flexibility index (Phi) is 8.43. The Morgan fingerprint density at radius 3 is 1.59 bits per heavy atom. The lowest BCUT2D eigenvalue weighted by molar-refractivity contribution is 0.0661. The summed E-state index contributed by atoms with van der Waals surface area (Å²) < 4.78 is 11.3. The van der Waals surface area contributed by atoms with E-state index in [2.05, 4.69) is 34.2 Å². The largest absolute Gasteiger partial charge is 0.445 e. The van der Waals surface area contributed by atoms with Crippen molar-refractivity contribution in [2.45, 2.75) is 57.4 Å². The second-order valence-corrected chi connectivity index (χ2v) is 12.8. The van der Waals surface area contributed by atoms with E-state index in [0.717, 1.165) is 88.1 Å². The van der Waals surface area contributed by atoms with Crippen molar-refractivity contribution in [2.75, 3.05) is 13.1 Å². The van der Waals surface area contributed by atoms with Crippen LogP contribution in [0.4, 0.5) is 9.59 Å². The summed E-state index contributed by atoms with van der Waals surface area (Å²) in [5.74, 6) is 1.55. The molecule has 4 heterocycles. The number of piperidine rings is 1. The van der Waals surface area contributed by atoms with Gasteiger partial charge in [0.05, 0.1) is 34.2 Å². The van der Waals surface area contributed by atoms with Crippen LogP contribution >= 0.6 is 0 Å². The quantitative estimate of drug-likeness (QED) is 0.178. The van der Waals surface area contributed by atoms with Gasteiger partial charge in [-0.3, -0.25) is 9.80 Å². The first-order chi connectivity index (χ1) is 24.1. The van der Waals surface area contributed by atoms with Crippen LogP contribution in [0.25, 0.3) is 33.2 Å². The summed E-state index contributed by atoms with van der Waals surface area (Å²) in [4.78, 5) is 46.6. The average Bonchev–Trinajstić information content (AvgIpc) is 3.91. The molecular formula is C39H38N6O4. The molecule has 10 heteroatoms. The van der Waals surface area contributed by atoms with Gasteiger partial charge >= 0.3 is 12.2 Å². The summed E-state index contributed by atoms with van der Waals surface area (Å²) in [7, 11) is 0. The molecular weight excluding hydrogens is 616 g/mol. The van der Waals surface area contributed by atoms with E-state index in [1.807, 2.05) is 77.7 Å². The minimum atomic E-state index is -0.319. The molecule has 2 aromatic heterocycles. The van der Waals surface area contributed by atoms with Crippen molar-refractivity contribution in [3.8, 4) is 11.1 Å². The van der Waals surface area contributed by atoms with Crippen molar-refractivity contribution >= 4 is 34.3 Å². The minimum absolute atomic E-state index is 0.158. The van der Waals surface area contributed by atoms with E-state index in [4.69, 9.17) is 19.4 Å². The second-order valence-electron chi connectivity index (χ2n) is 12.8. The van der Waals surface area contributed by atoms with Gasteiger partial charge in [-0.25, -0.2) is 19.6 Å². The first-order valence-electron chi connectivity index (χ1n) is 17.0. The van der Waals surface area contributed by atoms with Crippen molar-refractivity contribution in [2.24, 2.45) is 0 Å². The molecule has 2 atom stereocenters. The van der Waals surface area contributed by atoms with Crippen LogP contribution in [0.15, 0.2) is 97.1 Å². The fourth-order valence-corrected chi connectivity index (χ4v) is 7.04. The molecule has 6 aromatic rings. The topological polar surface area (TPSA) is 116 Å². The number of likely N-dealkylation sites (tertiary alicyclic amines) is 2. The van der Waals surface area contributed by atoms with Gasteiger partial charge in [0.25, 0.3) is 0 Å². The molecule has 2 amide bonds. The lowest BCUT2D eigenvalue weighted by Crippen LogP contribution is -2.39. The number of aromatic amines is 2. The highest BCUT2D eigenvalue weighted by molar-refractivity contribution is 5.86. The Morgan fingerprint density at radius 1 is 0.612 bits per heavy atom. The van der Waals surface area contributed by atoms with Gasteiger partial charge in [-0.1, -0.05) is 72.8 Å². The van der Waals surface area contributed by atoms with E-state index in [0.29, 0.717) is 13.1 Å². The predicted molar refractivity (Wildman–Crippen MR) is 186 cm³/mol. The average molecular weight is 655 g/mol. The Morgan fingerprint density at radius 2 is 1.08 bits per heavy atom. The number of nitrogens with one attached hydrogen (secondary N) is 2. The van der Waals surface area contributed by atoms with Gasteiger partial charge in [0.2, 0.25) is 0 Å². The molecule has 49 heavy (non-hydrogen) atoms. The standard InChI is InChI=1S/C39H38N6O4/c46-38(48-24-26-10-3-1-4-11-26)44-20-8-7-14-34(44)36-40-30-18-16-28(22-32(30)42-36)29-17-19-31-33(23-29)43-37(41-31)35-15-9-21-45(35)39(47)49-25-27-12-5-2-6-13-27/h1-6,10-13,16-19,22-23,34-35H,7-9,14-15,20-21,24-25H2,(H,40,42)(H,41,43)/t34-,35-/m0/s1. The van der Waals surface area contributed by atoms with Gasteiger partial charge in [0, 0.05) is 13.1 Å². The molecule has 0 spiro atoms. The number of fused-ring (bicyclic) bond motifs is 2. The number of imidazole rings is 2. The molecule has 248 valence electrons. The van der Waals surface area contributed by atoms with E-state index >= 15 is 0 Å². The summed E-state index contributed by atoms with van der Waals surface area (Å²) in [6.45, 7) is 1.77. The number of benzene rings is 4. The van der Waals surface area contributed by atoms with E-state index < -0.39 is 0 Å². The third-order valence-electron chi connectivity index (χ3n) is 9.60. The van der Waals surface area contributed by atoms with Crippen LogP contribution in [-0.2, 0) is 22.7 Å². The van der Waals surface area contributed by atoms with Crippen LogP contribution in [0, 0.1) is 0 Å². The third kappa shape index (κ3) is 6.46. The highest BCUT2D eigenvalue weighted by atomic mass is 16.6. The Hall–Kier alpha value is -5.64. The molecule has 0 aliphatic carbocycles. The summed E-state index contributed by atoms with van der Waals surface area (Å²) >= 11 is 0. The van der Waals surface area contributed by atoms with Crippen LogP contribution in [0.3, 0.4) is 0 Å². The summed E-state index contributed by atoms with van der Waals surface area (Å²) in [6, 6.07) is 31.5. The molecule has 0 unspecified atom stereocenters. The summed E-state index contributed by atoms with van der Waals surface area (Å²) in [5.41, 5.74) is 7.53.